The van der Waals surface area contributed by atoms with E-state index in [9.17, 15) is 0 Å². The number of rotatable bonds is 2. The molecule has 0 bridgehead atoms. The average Bonchev–Trinajstić information content (AvgIpc) is 2.04. The summed E-state index contributed by atoms with van der Waals surface area (Å²) in [5.41, 5.74) is 2.93. The molecule has 0 aliphatic carbocycles. The maximum Gasteiger partial charge on any atom is 0.0178 e. The summed E-state index contributed by atoms with van der Waals surface area (Å²) in [6, 6.07) is 6.55. The molecule has 0 radical (unpaired) electrons. The Kier molecular flexibility index (Phi) is 3.33. The highest BCUT2D eigenvalue weighted by Crippen LogP contribution is 2.23. The first kappa shape index (κ1) is 9.79. The molecular formula is C11H15Br. The molecule has 1 rings (SSSR count). The molecule has 0 spiro atoms. The molecule has 1 aromatic rings. The van der Waals surface area contributed by atoms with Gasteiger partial charge in [-0.2, -0.15) is 0 Å². The Bertz CT molecular complexity index is 264. The summed E-state index contributed by atoms with van der Waals surface area (Å²) in [4.78, 5) is 0. The van der Waals surface area contributed by atoms with Gasteiger partial charge in [0.2, 0.25) is 0 Å². The fourth-order valence-corrected chi connectivity index (χ4v) is 1.80. The highest BCUT2D eigenvalue weighted by molar-refractivity contribution is 9.10. The van der Waals surface area contributed by atoms with Crippen LogP contribution in [-0.4, -0.2) is 0 Å². The fraction of sp³-hybridized carbons (Fsp3) is 0.455. The predicted molar refractivity (Wildman–Crippen MR) is 57.6 cm³/mol. The van der Waals surface area contributed by atoms with E-state index in [1.807, 2.05) is 0 Å². The lowest BCUT2D eigenvalue weighted by Crippen LogP contribution is -1.94. The number of hydrogen-bond acceptors (Lipinski definition) is 0. The summed E-state index contributed by atoms with van der Waals surface area (Å²) in [5, 5.41) is 0. The van der Waals surface area contributed by atoms with E-state index in [1.165, 1.54) is 15.6 Å². The van der Waals surface area contributed by atoms with E-state index in [0.717, 1.165) is 6.42 Å². The Labute approximate surface area is 83.1 Å². The van der Waals surface area contributed by atoms with Crippen LogP contribution in [0.25, 0.3) is 0 Å². The van der Waals surface area contributed by atoms with Gasteiger partial charge in [0.05, 0.1) is 0 Å². The van der Waals surface area contributed by atoms with Crippen molar-refractivity contribution in [1.29, 1.82) is 0 Å². The van der Waals surface area contributed by atoms with Crippen molar-refractivity contribution in [3.05, 3.63) is 33.8 Å². The molecule has 12 heavy (non-hydrogen) atoms. The molecule has 0 aromatic heterocycles. The van der Waals surface area contributed by atoms with Crippen molar-refractivity contribution in [3.63, 3.8) is 0 Å². The van der Waals surface area contributed by atoms with E-state index in [1.54, 1.807) is 0 Å². The average molecular weight is 227 g/mol. The van der Waals surface area contributed by atoms with Gasteiger partial charge in [-0.3, -0.25) is 0 Å². The van der Waals surface area contributed by atoms with Crippen LogP contribution in [0.5, 0.6) is 0 Å². The van der Waals surface area contributed by atoms with Gasteiger partial charge in [0, 0.05) is 4.47 Å². The van der Waals surface area contributed by atoms with E-state index in [0.29, 0.717) is 5.92 Å². The van der Waals surface area contributed by atoms with Crippen molar-refractivity contribution in [2.24, 2.45) is 0 Å². The second kappa shape index (κ2) is 4.08. The zero-order chi connectivity index (χ0) is 9.14. The highest BCUT2D eigenvalue weighted by atomic mass is 79.9. The van der Waals surface area contributed by atoms with Crippen LogP contribution in [0.3, 0.4) is 0 Å². The summed E-state index contributed by atoms with van der Waals surface area (Å²) in [6.07, 6.45) is 1.13. The molecule has 0 aliphatic heterocycles. The van der Waals surface area contributed by atoms with E-state index in [2.05, 4.69) is 54.9 Å². The monoisotopic (exact) mass is 226 g/mol. The Balaban J connectivity index is 3.12. The van der Waals surface area contributed by atoms with Crippen molar-refractivity contribution >= 4 is 15.9 Å². The van der Waals surface area contributed by atoms with Crippen LogP contribution in [0.1, 0.15) is 37.8 Å². The lowest BCUT2D eigenvalue weighted by atomic mass is 9.96. The van der Waals surface area contributed by atoms with Gasteiger partial charge in [-0.15, -0.1) is 0 Å². The molecule has 0 saturated carbocycles. The van der Waals surface area contributed by atoms with E-state index < -0.39 is 0 Å². The van der Waals surface area contributed by atoms with Gasteiger partial charge in [0.25, 0.3) is 0 Å². The Morgan fingerprint density at radius 3 is 2.50 bits per heavy atom. The summed E-state index contributed by atoms with van der Waals surface area (Å²) in [6.45, 7) is 6.68. The topological polar surface area (TPSA) is 0 Å². The molecule has 0 nitrogen and oxygen atoms in total. The quantitative estimate of drug-likeness (QED) is 0.712. The summed E-state index contributed by atoms with van der Waals surface area (Å²) >= 11 is 3.49. The van der Waals surface area contributed by atoms with E-state index in [4.69, 9.17) is 0 Å². The minimum atomic E-state index is 0.623. The molecule has 0 amide bonds. The molecule has 1 aromatic carbocycles. The van der Waals surface area contributed by atoms with Gasteiger partial charge in [-0.05, 0) is 35.6 Å². The van der Waals surface area contributed by atoms with Crippen LogP contribution in [0.4, 0.5) is 0 Å². The maximum absolute atomic E-state index is 3.49. The summed E-state index contributed by atoms with van der Waals surface area (Å²) < 4.78 is 1.18. The number of benzene rings is 1. The maximum atomic E-state index is 3.49. The van der Waals surface area contributed by atoms with Crippen LogP contribution >= 0.6 is 15.9 Å². The number of halogens is 1. The van der Waals surface area contributed by atoms with Gasteiger partial charge in [0.15, 0.2) is 0 Å². The Morgan fingerprint density at radius 1 is 1.33 bits per heavy atom. The van der Waals surface area contributed by atoms with Gasteiger partial charge in [-0.1, -0.05) is 42.8 Å². The molecule has 66 valence electrons. The Hall–Kier alpha value is -0.300. The third-order valence-corrected chi connectivity index (χ3v) is 2.60. The lowest BCUT2D eigenvalue weighted by molar-refractivity contribution is 0.843. The van der Waals surface area contributed by atoms with Gasteiger partial charge in [-0.25, -0.2) is 0 Å². The van der Waals surface area contributed by atoms with Gasteiger partial charge >= 0.3 is 0 Å². The van der Waals surface area contributed by atoms with Crippen molar-refractivity contribution in [3.8, 4) is 0 Å². The first-order valence-corrected chi connectivity index (χ1v) is 5.22. The third kappa shape index (κ3) is 2.10. The largest absolute Gasteiger partial charge is 0.0613 e. The van der Waals surface area contributed by atoms with Crippen molar-refractivity contribution in [2.45, 2.75) is 33.1 Å². The lowest BCUT2D eigenvalue weighted by Gasteiger charge is -2.11. The highest BCUT2D eigenvalue weighted by Gasteiger charge is 2.04. The normalized spacial score (nSPS) is 10.8. The number of hydrogen-bond donors (Lipinski definition) is 0. The van der Waals surface area contributed by atoms with Crippen LogP contribution in [0.15, 0.2) is 22.7 Å². The molecule has 0 aliphatic rings. The molecule has 0 fully saturated rings. The van der Waals surface area contributed by atoms with Crippen molar-refractivity contribution < 1.29 is 0 Å². The zero-order valence-electron chi connectivity index (χ0n) is 7.89. The molecule has 0 N–H and O–H groups in total. The minimum Gasteiger partial charge on any atom is -0.0613 e. The van der Waals surface area contributed by atoms with Crippen LogP contribution in [0.2, 0.25) is 0 Å². The molecule has 0 heterocycles. The van der Waals surface area contributed by atoms with E-state index in [-0.39, 0.29) is 0 Å². The molecule has 0 unspecified atom stereocenters. The van der Waals surface area contributed by atoms with Crippen LogP contribution < -0.4 is 0 Å². The first-order valence-electron chi connectivity index (χ1n) is 4.43. The second-order valence-electron chi connectivity index (χ2n) is 3.35. The minimum absolute atomic E-state index is 0.623. The van der Waals surface area contributed by atoms with Crippen molar-refractivity contribution in [2.75, 3.05) is 0 Å². The summed E-state index contributed by atoms with van der Waals surface area (Å²) in [5.74, 6) is 0.623. The van der Waals surface area contributed by atoms with Gasteiger partial charge < -0.3 is 0 Å². The standard InChI is InChI=1S/C11H15Br/c1-4-9-5-6-10(12)7-11(9)8(2)3/h5-8H,4H2,1-3H3. The zero-order valence-corrected chi connectivity index (χ0v) is 9.48. The summed E-state index contributed by atoms with van der Waals surface area (Å²) in [7, 11) is 0. The molecule has 1 heteroatoms. The molecule has 0 atom stereocenters. The third-order valence-electron chi connectivity index (χ3n) is 2.11. The number of aryl methyl sites for hydroxylation is 1. The van der Waals surface area contributed by atoms with Crippen LogP contribution in [-0.2, 0) is 6.42 Å². The van der Waals surface area contributed by atoms with Crippen molar-refractivity contribution in [1.82, 2.24) is 0 Å². The molecular weight excluding hydrogens is 212 g/mol. The van der Waals surface area contributed by atoms with E-state index >= 15 is 0 Å². The molecule has 0 saturated heterocycles. The first-order chi connectivity index (χ1) is 5.65. The van der Waals surface area contributed by atoms with Crippen LogP contribution in [0, 0.1) is 0 Å². The van der Waals surface area contributed by atoms with Gasteiger partial charge in [0.1, 0.15) is 0 Å². The second-order valence-corrected chi connectivity index (χ2v) is 4.27. The Morgan fingerprint density at radius 2 is 2.00 bits per heavy atom. The smallest absolute Gasteiger partial charge is 0.0178 e. The fourth-order valence-electron chi connectivity index (χ4n) is 1.43. The predicted octanol–water partition coefficient (Wildman–Crippen LogP) is 4.13. The SMILES string of the molecule is CCc1ccc(Br)cc1C(C)C.